The standard InChI is InChI=1S/C17H17N5S2/c1-2-3-8-14-19-20-17-21(14)22-15(24-17)10-23-16(22)12-9-18-13-7-5-4-6-11(12)13/h4-7,9-10,16,18H,2-3,8H2,1H3. The van der Waals surface area contributed by atoms with Gasteiger partial charge in [0.1, 0.15) is 10.4 Å². The highest BCUT2D eigenvalue weighted by molar-refractivity contribution is 8.07. The monoisotopic (exact) mass is 355 g/mol. The summed E-state index contributed by atoms with van der Waals surface area (Å²) in [7, 11) is 0. The number of aromatic nitrogens is 4. The number of rotatable bonds is 4. The van der Waals surface area contributed by atoms with Crippen LogP contribution in [-0.4, -0.2) is 19.9 Å². The second-order valence-corrected chi connectivity index (χ2v) is 7.94. The van der Waals surface area contributed by atoms with Crippen LogP contribution in [0, 0.1) is 0 Å². The number of nitrogens with zero attached hydrogens (tertiary/aromatic N) is 4. The van der Waals surface area contributed by atoms with Crippen molar-refractivity contribution in [3.8, 4) is 0 Å². The van der Waals surface area contributed by atoms with E-state index in [2.05, 4.69) is 67.7 Å². The molecule has 122 valence electrons. The number of aromatic amines is 1. The molecule has 4 heterocycles. The quantitative estimate of drug-likeness (QED) is 0.752. The van der Waals surface area contributed by atoms with Crippen molar-refractivity contribution in [1.82, 2.24) is 19.9 Å². The molecule has 0 amide bonds. The Morgan fingerprint density at radius 1 is 1.25 bits per heavy atom. The zero-order valence-electron chi connectivity index (χ0n) is 13.3. The summed E-state index contributed by atoms with van der Waals surface area (Å²) in [6.07, 6.45) is 5.41. The van der Waals surface area contributed by atoms with Crippen LogP contribution in [0.5, 0.6) is 0 Å². The topological polar surface area (TPSA) is 49.7 Å². The summed E-state index contributed by atoms with van der Waals surface area (Å²) in [4.78, 5) is 3.40. The average molecular weight is 355 g/mol. The van der Waals surface area contributed by atoms with Crippen molar-refractivity contribution in [2.24, 2.45) is 0 Å². The Balaban J connectivity index is 1.57. The first-order valence-electron chi connectivity index (χ1n) is 8.20. The lowest BCUT2D eigenvalue weighted by Gasteiger charge is -2.25. The van der Waals surface area contributed by atoms with Crippen molar-refractivity contribution in [3.05, 3.63) is 52.3 Å². The predicted molar refractivity (Wildman–Crippen MR) is 99.4 cm³/mol. The minimum Gasteiger partial charge on any atom is -0.361 e. The van der Waals surface area contributed by atoms with Crippen LogP contribution in [0.4, 0.5) is 0 Å². The first-order valence-corrected chi connectivity index (χ1v) is 9.96. The molecule has 7 heteroatoms. The highest BCUT2D eigenvalue weighted by atomic mass is 32.2. The van der Waals surface area contributed by atoms with Crippen molar-refractivity contribution in [2.45, 2.75) is 36.7 Å². The molecule has 0 spiro atoms. The third-order valence-electron chi connectivity index (χ3n) is 4.47. The molecule has 0 bridgehead atoms. The van der Waals surface area contributed by atoms with Crippen LogP contribution in [0.25, 0.3) is 10.9 Å². The summed E-state index contributed by atoms with van der Waals surface area (Å²) in [5.41, 5.74) is 2.49. The fraction of sp³-hybridized carbons (Fsp3) is 0.294. The van der Waals surface area contributed by atoms with Gasteiger partial charge in [-0.25, -0.2) is 4.68 Å². The third kappa shape index (κ3) is 2.04. The van der Waals surface area contributed by atoms with Crippen LogP contribution < -0.4 is 5.01 Å². The molecule has 5 rings (SSSR count). The SMILES string of the molecule is CCCCc1nnc2n1N1C(=CSC1c1c[nH]c3ccccc13)S2. The van der Waals surface area contributed by atoms with Gasteiger partial charge in [-0.1, -0.05) is 43.3 Å². The number of thioether (sulfide) groups is 2. The number of hydrogen-bond acceptors (Lipinski definition) is 5. The molecule has 2 aliphatic rings. The Kier molecular flexibility index (Phi) is 3.38. The zero-order chi connectivity index (χ0) is 16.1. The lowest BCUT2D eigenvalue weighted by Crippen LogP contribution is -2.30. The van der Waals surface area contributed by atoms with Crippen molar-refractivity contribution in [3.63, 3.8) is 0 Å². The maximum atomic E-state index is 4.42. The molecular formula is C17H17N5S2. The molecule has 24 heavy (non-hydrogen) atoms. The Hall–Kier alpha value is -1.86. The number of unbranched alkanes of at least 4 members (excludes halogenated alkanes) is 1. The van der Waals surface area contributed by atoms with Crippen molar-refractivity contribution >= 4 is 34.4 Å². The van der Waals surface area contributed by atoms with Crippen LogP contribution in [0.3, 0.4) is 0 Å². The number of hydrogen-bond donors (Lipinski definition) is 1. The number of aryl methyl sites for hydroxylation is 1. The zero-order valence-corrected chi connectivity index (χ0v) is 14.9. The number of H-pyrrole nitrogens is 1. The molecule has 1 N–H and O–H groups in total. The minimum atomic E-state index is 0.223. The van der Waals surface area contributed by atoms with Crippen LogP contribution in [0.15, 0.2) is 46.1 Å². The van der Waals surface area contributed by atoms with Gasteiger partial charge in [0.2, 0.25) is 5.16 Å². The van der Waals surface area contributed by atoms with E-state index in [0.717, 1.165) is 23.8 Å². The maximum Gasteiger partial charge on any atom is 0.216 e. The van der Waals surface area contributed by atoms with Crippen LogP contribution in [0.2, 0.25) is 0 Å². The third-order valence-corrected chi connectivity index (χ3v) is 6.65. The molecular weight excluding hydrogens is 338 g/mol. The number of para-hydroxylation sites is 1. The van der Waals surface area contributed by atoms with Crippen LogP contribution in [-0.2, 0) is 6.42 Å². The van der Waals surface area contributed by atoms with Crippen LogP contribution >= 0.6 is 23.5 Å². The van der Waals surface area contributed by atoms with Gasteiger partial charge in [-0.15, -0.1) is 10.2 Å². The van der Waals surface area contributed by atoms with Gasteiger partial charge in [0.05, 0.1) is 0 Å². The lowest BCUT2D eigenvalue weighted by atomic mass is 10.2. The summed E-state index contributed by atoms with van der Waals surface area (Å²) in [5.74, 6) is 1.06. The first-order chi connectivity index (χ1) is 11.9. The van der Waals surface area contributed by atoms with Gasteiger partial charge < -0.3 is 4.98 Å². The van der Waals surface area contributed by atoms with E-state index >= 15 is 0 Å². The molecule has 2 aromatic heterocycles. The molecule has 0 saturated carbocycles. The molecule has 5 nitrogen and oxygen atoms in total. The molecule has 1 unspecified atom stereocenters. The Morgan fingerprint density at radius 3 is 3.08 bits per heavy atom. The van der Waals surface area contributed by atoms with Gasteiger partial charge in [0, 0.05) is 34.5 Å². The van der Waals surface area contributed by atoms with Crippen molar-refractivity contribution < 1.29 is 0 Å². The molecule has 2 aliphatic heterocycles. The second-order valence-electron chi connectivity index (χ2n) is 5.99. The van der Waals surface area contributed by atoms with E-state index in [0.29, 0.717) is 0 Å². The van der Waals surface area contributed by atoms with Crippen molar-refractivity contribution in [1.29, 1.82) is 0 Å². The smallest absolute Gasteiger partial charge is 0.216 e. The number of nitrogens with one attached hydrogen (secondary N) is 1. The number of fused-ring (bicyclic) bond motifs is 4. The normalized spacial score (nSPS) is 19.0. The average Bonchev–Trinajstić information content (AvgIpc) is 3.33. The summed E-state index contributed by atoms with van der Waals surface area (Å²) in [6.45, 7) is 2.21. The summed E-state index contributed by atoms with van der Waals surface area (Å²) < 4.78 is 2.22. The number of benzene rings is 1. The Morgan fingerprint density at radius 2 is 2.17 bits per heavy atom. The van der Waals surface area contributed by atoms with E-state index in [4.69, 9.17) is 0 Å². The van der Waals surface area contributed by atoms with E-state index in [1.807, 2.05) is 11.8 Å². The maximum absolute atomic E-state index is 4.42. The van der Waals surface area contributed by atoms with Gasteiger partial charge >= 0.3 is 0 Å². The van der Waals surface area contributed by atoms with Gasteiger partial charge in [0.25, 0.3) is 0 Å². The summed E-state index contributed by atoms with van der Waals surface area (Å²) >= 11 is 3.57. The fourth-order valence-corrected chi connectivity index (χ4v) is 5.56. The molecule has 1 atom stereocenters. The summed E-state index contributed by atoms with van der Waals surface area (Å²) in [5, 5.41) is 17.1. The van der Waals surface area contributed by atoms with Gasteiger partial charge in [-0.2, -0.15) is 0 Å². The van der Waals surface area contributed by atoms with Crippen LogP contribution in [0.1, 0.15) is 36.5 Å². The molecule has 0 saturated heterocycles. The molecule has 0 radical (unpaired) electrons. The van der Waals surface area contributed by atoms with Gasteiger partial charge in [-0.05, 0) is 24.2 Å². The fourth-order valence-electron chi connectivity index (χ4n) is 3.29. The highest BCUT2D eigenvalue weighted by Gasteiger charge is 2.40. The molecule has 3 aromatic rings. The van der Waals surface area contributed by atoms with Gasteiger partial charge in [0.15, 0.2) is 5.82 Å². The van der Waals surface area contributed by atoms with Gasteiger partial charge in [-0.3, -0.25) is 5.01 Å². The summed E-state index contributed by atoms with van der Waals surface area (Å²) in [6, 6.07) is 8.49. The molecule has 0 aliphatic carbocycles. The molecule has 0 fully saturated rings. The van der Waals surface area contributed by atoms with E-state index < -0.39 is 0 Å². The van der Waals surface area contributed by atoms with Crippen molar-refractivity contribution in [2.75, 3.05) is 5.01 Å². The minimum absolute atomic E-state index is 0.223. The van der Waals surface area contributed by atoms with E-state index in [1.165, 1.54) is 27.9 Å². The largest absolute Gasteiger partial charge is 0.361 e. The first kappa shape index (κ1) is 14.5. The Bertz CT molecular complexity index is 942. The lowest BCUT2D eigenvalue weighted by molar-refractivity contribution is 0.592. The predicted octanol–water partition coefficient (Wildman–Crippen LogP) is 4.39. The highest BCUT2D eigenvalue weighted by Crippen LogP contribution is 2.52. The van der Waals surface area contributed by atoms with E-state index in [9.17, 15) is 0 Å². The van der Waals surface area contributed by atoms with E-state index in [-0.39, 0.29) is 5.37 Å². The molecule has 1 aromatic carbocycles. The van der Waals surface area contributed by atoms with E-state index in [1.54, 1.807) is 11.8 Å². The second kappa shape index (κ2) is 5.60. The Labute approximate surface area is 148 Å².